The summed E-state index contributed by atoms with van der Waals surface area (Å²) in [6, 6.07) is 25.2. The molecule has 0 aliphatic heterocycles. The van der Waals surface area contributed by atoms with Crippen molar-refractivity contribution in [1.82, 2.24) is 4.57 Å². The third kappa shape index (κ3) is 2.43. The highest BCUT2D eigenvalue weighted by atomic mass is 28.3. The molecule has 31 heavy (non-hydrogen) atoms. The number of aryl methyl sites for hydroxylation is 2. The molecule has 2 unspecified atom stereocenters. The molecular weight excluding hydrogens is 390 g/mol. The van der Waals surface area contributed by atoms with Crippen LogP contribution in [0.15, 0.2) is 72.8 Å². The van der Waals surface area contributed by atoms with Crippen LogP contribution in [0.2, 0.25) is 13.1 Å². The second-order valence-electron chi connectivity index (χ2n) is 10.1. The van der Waals surface area contributed by atoms with Gasteiger partial charge in [-0.25, -0.2) is 0 Å². The number of fused-ring (bicyclic) bond motifs is 6. The van der Waals surface area contributed by atoms with Crippen molar-refractivity contribution in [3.05, 3.63) is 101 Å². The van der Waals surface area contributed by atoms with Crippen LogP contribution in [0.1, 0.15) is 45.8 Å². The van der Waals surface area contributed by atoms with Crippen LogP contribution in [0, 0.1) is 6.92 Å². The Morgan fingerprint density at radius 1 is 0.806 bits per heavy atom. The quantitative estimate of drug-likeness (QED) is 0.295. The van der Waals surface area contributed by atoms with Crippen molar-refractivity contribution in [3.8, 4) is 11.3 Å². The van der Waals surface area contributed by atoms with Crippen LogP contribution in [0.4, 0.5) is 0 Å². The summed E-state index contributed by atoms with van der Waals surface area (Å²) in [5.74, 6) is 0. The molecule has 2 atom stereocenters. The molecule has 0 radical (unpaired) electrons. The van der Waals surface area contributed by atoms with Gasteiger partial charge in [-0.2, -0.15) is 0 Å². The summed E-state index contributed by atoms with van der Waals surface area (Å²) in [5.41, 5.74) is 14.2. The Balaban J connectivity index is 1.65. The normalized spacial score (nSPS) is 19.3. The van der Waals surface area contributed by atoms with E-state index in [0.29, 0.717) is 11.1 Å². The summed E-state index contributed by atoms with van der Waals surface area (Å²) in [7, 11) is 0.405. The van der Waals surface area contributed by atoms with E-state index in [4.69, 9.17) is 0 Å². The molecule has 3 aromatic carbocycles. The van der Waals surface area contributed by atoms with Gasteiger partial charge in [0.05, 0.1) is 13.8 Å². The first-order chi connectivity index (χ1) is 14.9. The van der Waals surface area contributed by atoms with Crippen LogP contribution >= 0.6 is 0 Å². The third-order valence-electron chi connectivity index (χ3n) is 7.89. The van der Waals surface area contributed by atoms with Crippen molar-refractivity contribution < 1.29 is 0 Å². The lowest BCUT2D eigenvalue weighted by Gasteiger charge is -2.36. The lowest BCUT2D eigenvalue weighted by Crippen LogP contribution is -2.41. The van der Waals surface area contributed by atoms with E-state index in [1.807, 2.05) is 0 Å². The van der Waals surface area contributed by atoms with Gasteiger partial charge in [-0.3, -0.25) is 0 Å². The molecular formula is C29H29NSi. The van der Waals surface area contributed by atoms with Crippen molar-refractivity contribution in [2.24, 2.45) is 7.05 Å². The van der Waals surface area contributed by atoms with Gasteiger partial charge < -0.3 is 4.57 Å². The van der Waals surface area contributed by atoms with Crippen LogP contribution in [-0.4, -0.2) is 12.6 Å². The van der Waals surface area contributed by atoms with Crippen molar-refractivity contribution in [1.29, 1.82) is 0 Å². The number of rotatable bonds is 2. The van der Waals surface area contributed by atoms with Gasteiger partial charge in [0, 0.05) is 29.1 Å². The minimum atomic E-state index is -1.84. The maximum Gasteiger partial charge on any atom is 0.0724 e. The smallest absolute Gasteiger partial charge is 0.0724 e. The van der Waals surface area contributed by atoms with Crippen molar-refractivity contribution in [3.63, 3.8) is 0 Å². The maximum atomic E-state index is 2.62. The van der Waals surface area contributed by atoms with Crippen molar-refractivity contribution in [2.45, 2.75) is 38.0 Å². The largest absolute Gasteiger partial charge is 0.343 e. The summed E-state index contributed by atoms with van der Waals surface area (Å²) in [4.78, 5) is 0. The molecule has 2 aliphatic carbocycles. The molecule has 4 aromatic rings. The van der Waals surface area contributed by atoms with E-state index in [9.17, 15) is 0 Å². The lowest BCUT2D eigenvalue weighted by molar-refractivity contribution is 0.974. The number of hydrogen-bond donors (Lipinski definition) is 0. The number of benzene rings is 3. The molecule has 2 aliphatic rings. The summed E-state index contributed by atoms with van der Waals surface area (Å²) in [6.45, 7) is 9.75. The van der Waals surface area contributed by atoms with Crippen LogP contribution < -0.4 is 0 Å². The first-order valence-corrected chi connectivity index (χ1v) is 14.5. The van der Waals surface area contributed by atoms with Gasteiger partial charge in [-0.15, -0.1) is 0 Å². The van der Waals surface area contributed by atoms with Gasteiger partial charge in [0.15, 0.2) is 0 Å². The Kier molecular flexibility index (Phi) is 3.86. The third-order valence-corrected chi connectivity index (χ3v) is 12.1. The van der Waals surface area contributed by atoms with Gasteiger partial charge in [0.25, 0.3) is 0 Å². The highest BCUT2D eigenvalue weighted by molar-refractivity contribution is 6.82. The predicted molar refractivity (Wildman–Crippen MR) is 135 cm³/mol. The molecule has 0 N–H and O–H groups in total. The van der Waals surface area contributed by atoms with Crippen molar-refractivity contribution >= 4 is 24.5 Å². The molecule has 0 amide bonds. The summed E-state index contributed by atoms with van der Waals surface area (Å²) < 4.78 is 2.44. The Morgan fingerprint density at radius 2 is 1.48 bits per heavy atom. The number of hydrogen-bond acceptors (Lipinski definition) is 0. The Labute approximate surface area is 186 Å². The topological polar surface area (TPSA) is 4.93 Å². The summed E-state index contributed by atoms with van der Waals surface area (Å²) >= 11 is 0. The summed E-state index contributed by atoms with van der Waals surface area (Å²) in [6.07, 6.45) is 2.58. The molecule has 6 rings (SSSR count). The molecule has 1 heterocycles. The standard InChI is InChI=1S/C29H29NSi/c1-18-14-15-25-24(16-18)27-28(30(25)3)22-12-8-9-13-23(22)29(27)31(4,5)26-17-19(2)20-10-6-7-11-21(20)26/h6-17,26,29H,1-5H3. The average Bonchev–Trinajstić information content (AvgIpc) is 3.38. The van der Waals surface area contributed by atoms with Crippen LogP contribution in [-0.2, 0) is 7.05 Å². The first kappa shape index (κ1) is 18.9. The molecule has 0 saturated heterocycles. The van der Waals surface area contributed by atoms with E-state index in [1.54, 1.807) is 16.7 Å². The van der Waals surface area contributed by atoms with Crippen LogP contribution in [0.3, 0.4) is 0 Å². The number of aromatic nitrogens is 1. The van der Waals surface area contributed by atoms with E-state index >= 15 is 0 Å². The Morgan fingerprint density at radius 3 is 2.26 bits per heavy atom. The molecule has 0 bridgehead atoms. The van der Waals surface area contributed by atoms with Gasteiger partial charge in [-0.1, -0.05) is 79.3 Å². The molecule has 0 fully saturated rings. The second-order valence-corrected chi connectivity index (χ2v) is 14.9. The monoisotopic (exact) mass is 419 g/mol. The highest BCUT2D eigenvalue weighted by Gasteiger charge is 2.48. The zero-order chi connectivity index (χ0) is 21.5. The molecule has 0 saturated carbocycles. The van der Waals surface area contributed by atoms with E-state index in [-0.39, 0.29) is 0 Å². The maximum absolute atomic E-state index is 2.62. The lowest BCUT2D eigenvalue weighted by atomic mass is 10.1. The highest BCUT2D eigenvalue weighted by Crippen LogP contribution is 2.56. The van der Waals surface area contributed by atoms with Crippen LogP contribution in [0.25, 0.3) is 27.7 Å². The number of allylic oxidation sites excluding steroid dienone is 2. The molecule has 0 spiro atoms. The zero-order valence-corrected chi connectivity index (χ0v) is 20.0. The van der Waals surface area contributed by atoms with E-state index in [2.05, 4.69) is 111 Å². The van der Waals surface area contributed by atoms with Crippen molar-refractivity contribution in [2.75, 3.05) is 0 Å². The van der Waals surface area contributed by atoms with E-state index in [1.165, 1.54) is 38.9 Å². The average molecular weight is 420 g/mol. The minimum absolute atomic E-state index is 0.490. The van der Waals surface area contributed by atoms with E-state index in [0.717, 1.165) is 0 Å². The zero-order valence-electron chi connectivity index (χ0n) is 19.0. The fourth-order valence-electron chi connectivity index (χ4n) is 6.45. The SMILES string of the molecule is CC1=CC([Si](C)(C)C2c3ccccc3-c3c2c2cc(C)ccc2n3C)c2ccccc21. The fraction of sp³-hybridized carbons (Fsp3) is 0.241. The molecule has 1 nitrogen and oxygen atoms in total. The summed E-state index contributed by atoms with van der Waals surface area (Å²) in [5, 5.41) is 1.45. The van der Waals surface area contributed by atoms with Gasteiger partial charge >= 0.3 is 0 Å². The van der Waals surface area contributed by atoms with Gasteiger partial charge in [-0.05, 0) is 59.3 Å². The van der Waals surface area contributed by atoms with Gasteiger partial charge in [0.2, 0.25) is 0 Å². The predicted octanol–water partition coefficient (Wildman–Crippen LogP) is 7.59. The van der Waals surface area contributed by atoms with Gasteiger partial charge in [0.1, 0.15) is 0 Å². The molecule has 1 aromatic heterocycles. The second kappa shape index (κ2) is 6.33. The first-order valence-electron chi connectivity index (χ1n) is 11.4. The molecule has 154 valence electrons. The fourth-order valence-corrected chi connectivity index (χ4v) is 10.6. The molecule has 2 heteroatoms. The number of nitrogens with zero attached hydrogens (tertiary/aromatic N) is 1. The Hall–Kier alpha value is -2.84. The van der Waals surface area contributed by atoms with Crippen LogP contribution in [0.5, 0.6) is 0 Å². The van der Waals surface area contributed by atoms with E-state index < -0.39 is 8.07 Å². The minimum Gasteiger partial charge on any atom is -0.343 e. The Bertz CT molecular complexity index is 1400.